The third-order valence-electron chi connectivity index (χ3n) is 3.75. The summed E-state index contributed by atoms with van der Waals surface area (Å²) >= 11 is 6.00. The minimum Gasteiger partial charge on any atom is -0.294 e. The number of halogens is 2. The number of fused-ring (bicyclic) bond motifs is 5. The van der Waals surface area contributed by atoms with Crippen molar-refractivity contribution in [2.24, 2.45) is 0 Å². The Morgan fingerprint density at radius 1 is 1.14 bits per heavy atom. The van der Waals surface area contributed by atoms with Crippen LogP contribution in [0.3, 0.4) is 0 Å². The molecular weight excluding hydrogens is 285 g/mol. The average Bonchev–Trinajstić information content (AvgIpc) is 2.73. The number of aromatic nitrogens is 2. The molecule has 2 aromatic heterocycles. The molecule has 0 fully saturated rings. The Bertz CT molecular complexity index is 1040. The van der Waals surface area contributed by atoms with Gasteiger partial charge in [0.1, 0.15) is 13.7 Å². The fourth-order valence-electron chi connectivity index (χ4n) is 2.87. The molecule has 21 heavy (non-hydrogen) atoms. The lowest BCUT2D eigenvalue weighted by molar-refractivity contribution is 0.650. The first-order valence-corrected chi connectivity index (χ1v) is 6.89. The predicted molar refractivity (Wildman–Crippen MR) is 85.3 cm³/mol. The lowest BCUT2D eigenvalue weighted by atomic mass is 9.95. The molecule has 0 amide bonds. The second-order valence-electron chi connectivity index (χ2n) is 5.10. The zero-order chi connectivity index (χ0) is 14.7. The maximum Gasteiger partial charge on any atom is 0.157 e. The van der Waals surface area contributed by atoms with Gasteiger partial charge in [0.05, 0.1) is 16.6 Å². The Morgan fingerprint density at radius 2 is 1.95 bits per heavy atom. The summed E-state index contributed by atoms with van der Waals surface area (Å²) in [5.41, 5.74) is 2.49. The monoisotopic (exact) mass is 294 g/mol. The third-order valence-corrected chi connectivity index (χ3v) is 3.99. The zero-order valence-electron chi connectivity index (χ0n) is 11.2. The second kappa shape index (κ2) is 4.21. The van der Waals surface area contributed by atoms with E-state index in [-0.39, 0.29) is 5.82 Å². The van der Waals surface area contributed by atoms with Crippen LogP contribution in [-0.4, -0.2) is 17.2 Å². The molecular formula is C16H9BClFN2. The van der Waals surface area contributed by atoms with E-state index in [4.69, 9.17) is 19.4 Å². The van der Waals surface area contributed by atoms with Gasteiger partial charge < -0.3 is 0 Å². The molecule has 0 spiro atoms. The average molecular weight is 295 g/mol. The summed E-state index contributed by atoms with van der Waals surface area (Å²) in [7, 11) is 5.78. The Hall–Kier alpha value is -2.07. The number of rotatable bonds is 0. The van der Waals surface area contributed by atoms with Crippen LogP contribution in [0.4, 0.5) is 4.39 Å². The van der Waals surface area contributed by atoms with Crippen molar-refractivity contribution in [2.75, 3.05) is 0 Å². The van der Waals surface area contributed by atoms with Crippen LogP contribution in [0.15, 0.2) is 36.4 Å². The third kappa shape index (κ3) is 1.69. The zero-order valence-corrected chi connectivity index (χ0v) is 11.9. The van der Waals surface area contributed by atoms with Gasteiger partial charge in [-0.15, -0.1) is 0 Å². The number of hydrogen-bond donors (Lipinski definition) is 0. The van der Waals surface area contributed by atoms with Gasteiger partial charge >= 0.3 is 0 Å². The van der Waals surface area contributed by atoms with Gasteiger partial charge in [0, 0.05) is 15.8 Å². The van der Waals surface area contributed by atoms with Gasteiger partial charge in [0.15, 0.2) is 5.82 Å². The lowest BCUT2D eigenvalue weighted by Gasteiger charge is -2.06. The molecule has 0 aliphatic heterocycles. The Balaban J connectivity index is 2.35. The van der Waals surface area contributed by atoms with Crippen LogP contribution in [0.25, 0.3) is 27.3 Å². The molecule has 0 aliphatic carbocycles. The summed E-state index contributed by atoms with van der Waals surface area (Å²) in [6.07, 6.45) is 0. The van der Waals surface area contributed by atoms with Crippen molar-refractivity contribution in [2.45, 2.75) is 6.92 Å². The summed E-state index contributed by atoms with van der Waals surface area (Å²) in [5.74, 6) is 0.425. The van der Waals surface area contributed by atoms with Gasteiger partial charge in [-0.05, 0) is 31.2 Å². The molecule has 0 aliphatic rings. The molecule has 100 valence electrons. The van der Waals surface area contributed by atoms with E-state index in [2.05, 4.69) is 4.98 Å². The smallest absolute Gasteiger partial charge is 0.157 e. The van der Waals surface area contributed by atoms with E-state index < -0.39 is 0 Å². The molecule has 0 saturated carbocycles. The largest absolute Gasteiger partial charge is 0.294 e. The predicted octanol–water partition coefficient (Wildman–Crippen LogP) is 3.54. The van der Waals surface area contributed by atoms with Gasteiger partial charge in [-0.2, -0.15) is 0 Å². The van der Waals surface area contributed by atoms with Crippen molar-refractivity contribution < 1.29 is 4.39 Å². The Kier molecular flexibility index (Phi) is 2.54. The Morgan fingerprint density at radius 3 is 2.76 bits per heavy atom. The molecule has 0 N–H and O–H groups in total. The summed E-state index contributed by atoms with van der Waals surface area (Å²) in [5, 5.41) is 1.82. The maximum atomic E-state index is 14.9. The van der Waals surface area contributed by atoms with Gasteiger partial charge in [-0.25, -0.2) is 9.37 Å². The van der Waals surface area contributed by atoms with Gasteiger partial charge in [0.2, 0.25) is 0 Å². The van der Waals surface area contributed by atoms with Crippen LogP contribution < -0.4 is 5.46 Å². The molecule has 0 bridgehead atoms. The number of nitrogens with zero attached hydrogens (tertiary/aromatic N) is 2. The Labute approximate surface area is 126 Å². The van der Waals surface area contributed by atoms with Crippen molar-refractivity contribution in [3.8, 4) is 0 Å². The van der Waals surface area contributed by atoms with E-state index in [0.717, 1.165) is 10.9 Å². The first kappa shape index (κ1) is 12.7. The molecule has 4 rings (SSSR count). The van der Waals surface area contributed by atoms with Crippen molar-refractivity contribution in [3.05, 3.63) is 53.1 Å². The van der Waals surface area contributed by atoms with E-state index in [9.17, 15) is 4.39 Å². The summed E-state index contributed by atoms with van der Waals surface area (Å²) in [6, 6.07) is 10.5. The molecule has 2 nitrogen and oxygen atoms in total. The van der Waals surface area contributed by atoms with Gasteiger partial charge in [0.25, 0.3) is 0 Å². The molecule has 0 unspecified atom stereocenters. The molecule has 2 heterocycles. The molecule has 2 radical (unpaired) electrons. The van der Waals surface area contributed by atoms with Crippen LogP contribution in [0.5, 0.6) is 0 Å². The molecule has 4 aromatic rings. The van der Waals surface area contributed by atoms with Gasteiger partial charge in [-0.3, -0.25) is 4.40 Å². The van der Waals surface area contributed by atoms with E-state index in [1.165, 1.54) is 0 Å². The number of aryl methyl sites for hydroxylation is 1. The second-order valence-corrected chi connectivity index (χ2v) is 5.53. The fraction of sp³-hybridized carbons (Fsp3) is 0.0625. The fourth-order valence-corrected chi connectivity index (χ4v) is 3.03. The van der Waals surface area contributed by atoms with Crippen LogP contribution in [-0.2, 0) is 0 Å². The highest BCUT2D eigenvalue weighted by Gasteiger charge is 2.17. The summed E-state index contributed by atoms with van der Waals surface area (Å²) in [4.78, 5) is 4.53. The van der Waals surface area contributed by atoms with Gasteiger partial charge in [-0.1, -0.05) is 29.2 Å². The standard InChI is InChI=1S/C16H9BClFN2/c1-8-20-13-7-10(18)3-4-11(13)16-15(19)12-6-9(17)2-5-14(12)21(8)16/h2-7H,1H3. The maximum absolute atomic E-state index is 14.9. The van der Waals surface area contributed by atoms with E-state index >= 15 is 0 Å². The molecule has 0 atom stereocenters. The van der Waals surface area contributed by atoms with Crippen molar-refractivity contribution >= 4 is 52.2 Å². The molecule has 5 heteroatoms. The number of benzene rings is 2. The molecule has 0 saturated heterocycles. The first-order valence-electron chi connectivity index (χ1n) is 6.51. The minimum absolute atomic E-state index is 0.282. The van der Waals surface area contributed by atoms with Crippen molar-refractivity contribution in [1.29, 1.82) is 0 Å². The SMILES string of the molecule is [B]c1ccc2c(c1)c(F)c1c3ccc(Cl)cc3nc(C)n21. The molecule has 2 aromatic carbocycles. The quantitative estimate of drug-likeness (QED) is 0.453. The van der Waals surface area contributed by atoms with Crippen LogP contribution in [0.2, 0.25) is 5.02 Å². The summed E-state index contributed by atoms with van der Waals surface area (Å²) < 4.78 is 16.7. The highest BCUT2D eigenvalue weighted by atomic mass is 35.5. The van der Waals surface area contributed by atoms with Crippen molar-refractivity contribution in [3.63, 3.8) is 0 Å². The highest BCUT2D eigenvalue weighted by molar-refractivity contribution is 6.33. The lowest BCUT2D eigenvalue weighted by Crippen LogP contribution is -2.00. The van der Waals surface area contributed by atoms with Crippen LogP contribution >= 0.6 is 11.6 Å². The highest BCUT2D eigenvalue weighted by Crippen LogP contribution is 2.31. The van der Waals surface area contributed by atoms with E-state index in [0.29, 0.717) is 32.7 Å². The van der Waals surface area contributed by atoms with E-state index in [1.807, 2.05) is 17.4 Å². The van der Waals surface area contributed by atoms with Crippen LogP contribution in [0.1, 0.15) is 5.82 Å². The first-order chi connectivity index (χ1) is 10.1. The normalized spacial score (nSPS) is 11.8. The topological polar surface area (TPSA) is 17.3 Å². The van der Waals surface area contributed by atoms with E-state index in [1.54, 1.807) is 30.3 Å². The minimum atomic E-state index is -0.282. The number of hydrogen-bond acceptors (Lipinski definition) is 1. The summed E-state index contributed by atoms with van der Waals surface area (Å²) in [6.45, 7) is 1.85. The van der Waals surface area contributed by atoms with Crippen molar-refractivity contribution in [1.82, 2.24) is 9.38 Å². The van der Waals surface area contributed by atoms with Crippen LogP contribution in [0, 0.1) is 12.7 Å².